The van der Waals surface area contributed by atoms with Gasteiger partial charge < -0.3 is 15.0 Å². The smallest absolute Gasteiger partial charge is 0.423 e. The van der Waals surface area contributed by atoms with Gasteiger partial charge in [-0.25, -0.2) is 4.68 Å². The Morgan fingerprint density at radius 1 is 1.24 bits per heavy atom. The van der Waals surface area contributed by atoms with E-state index in [4.69, 9.17) is 16.3 Å². The monoisotopic (exact) mass is 421 g/mol. The quantitative estimate of drug-likeness (QED) is 0.638. The van der Waals surface area contributed by atoms with Gasteiger partial charge >= 0.3 is 13.3 Å². The van der Waals surface area contributed by atoms with E-state index in [0.717, 1.165) is 16.4 Å². The third kappa shape index (κ3) is 3.86. The molecule has 0 fully saturated rings. The van der Waals surface area contributed by atoms with E-state index in [9.17, 15) is 23.0 Å². The lowest BCUT2D eigenvalue weighted by Gasteiger charge is -2.08. The second-order valence-electron chi connectivity index (χ2n) is 6.34. The predicted molar refractivity (Wildman–Crippen MR) is 100 cm³/mol. The molecule has 6 nitrogen and oxygen atoms in total. The summed E-state index contributed by atoms with van der Waals surface area (Å²) in [5.74, 6) is -0.981. The van der Waals surface area contributed by atoms with Crippen LogP contribution in [-0.2, 0) is 17.4 Å². The normalized spacial score (nSPS) is 13.5. The molecule has 1 aromatic heterocycles. The molecule has 0 atom stereocenters. The topological polar surface area (TPSA) is 76.4 Å². The molecule has 1 amide bonds. The molecular weight excluding hydrogens is 409 g/mol. The molecule has 2 heterocycles. The van der Waals surface area contributed by atoms with Crippen molar-refractivity contribution in [1.82, 2.24) is 9.78 Å². The summed E-state index contributed by atoms with van der Waals surface area (Å²) < 4.78 is 46.4. The van der Waals surface area contributed by atoms with Crippen LogP contribution in [0.2, 0.25) is 5.02 Å². The highest BCUT2D eigenvalue weighted by Gasteiger charge is 2.39. The van der Waals surface area contributed by atoms with Gasteiger partial charge in [0.15, 0.2) is 5.69 Å². The van der Waals surface area contributed by atoms with Crippen LogP contribution in [0.3, 0.4) is 0 Å². The molecule has 11 heteroatoms. The molecule has 0 saturated carbocycles. The number of carbonyl (C=O) groups excluding carboxylic acids is 1. The van der Waals surface area contributed by atoms with Crippen LogP contribution in [0, 0.1) is 0 Å². The predicted octanol–water partition coefficient (Wildman–Crippen LogP) is 3.01. The molecule has 0 bridgehead atoms. The first kappa shape index (κ1) is 19.5. The minimum Gasteiger partial charge on any atom is -0.423 e. The number of aromatic nitrogens is 2. The Hall–Kier alpha value is -2.82. The molecular formula is C18H12BClF3N3O3. The Balaban J connectivity index is 1.67. The van der Waals surface area contributed by atoms with Crippen molar-refractivity contribution < 1.29 is 27.6 Å². The maximum absolute atomic E-state index is 13.4. The van der Waals surface area contributed by atoms with E-state index in [1.54, 1.807) is 6.07 Å². The summed E-state index contributed by atoms with van der Waals surface area (Å²) in [6.07, 6.45) is -3.82. The van der Waals surface area contributed by atoms with Gasteiger partial charge in [0.25, 0.3) is 5.91 Å². The fourth-order valence-electron chi connectivity index (χ4n) is 2.97. The number of alkyl halides is 3. The van der Waals surface area contributed by atoms with E-state index in [-0.39, 0.29) is 12.3 Å². The highest BCUT2D eigenvalue weighted by atomic mass is 35.5. The Kier molecular flexibility index (Phi) is 4.85. The van der Waals surface area contributed by atoms with Gasteiger partial charge in [-0.1, -0.05) is 17.7 Å². The second-order valence-corrected chi connectivity index (χ2v) is 6.78. The average molecular weight is 422 g/mol. The first-order chi connectivity index (χ1) is 13.7. The van der Waals surface area contributed by atoms with Crippen LogP contribution in [0.25, 0.3) is 5.69 Å². The number of fused-ring (bicyclic) bond motifs is 1. The second kappa shape index (κ2) is 7.22. The molecule has 0 saturated heterocycles. The third-order valence-electron chi connectivity index (χ3n) is 4.39. The molecule has 2 N–H and O–H groups in total. The number of hydrogen-bond donors (Lipinski definition) is 2. The molecule has 3 aromatic rings. The van der Waals surface area contributed by atoms with Crippen molar-refractivity contribution in [2.45, 2.75) is 12.8 Å². The molecule has 148 valence electrons. The zero-order valence-electron chi connectivity index (χ0n) is 14.6. The van der Waals surface area contributed by atoms with Crippen molar-refractivity contribution in [1.29, 1.82) is 0 Å². The van der Waals surface area contributed by atoms with Gasteiger partial charge in [0, 0.05) is 16.9 Å². The summed E-state index contributed by atoms with van der Waals surface area (Å²) in [5.41, 5.74) is -0.209. The molecule has 0 unspecified atom stereocenters. The summed E-state index contributed by atoms with van der Waals surface area (Å²) in [5, 5.41) is 16.1. The van der Waals surface area contributed by atoms with E-state index in [0.29, 0.717) is 16.2 Å². The van der Waals surface area contributed by atoms with Gasteiger partial charge in [0.1, 0.15) is 0 Å². The lowest BCUT2D eigenvalue weighted by atomic mass is 9.79. The molecule has 1 aliphatic rings. The van der Waals surface area contributed by atoms with Crippen molar-refractivity contribution in [3.05, 3.63) is 70.5 Å². The Labute approximate surface area is 168 Å². The van der Waals surface area contributed by atoms with Gasteiger partial charge in [-0.3, -0.25) is 4.79 Å². The molecule has 4 rings (SSSR count). The fraction of sp³-hybridized carbons (Fsp3) is 0.111. The number of halogens is 4. The summed E-state index contributed by atoms with van der Waals surface area (Å²) in [6.45, 7) is 0.219. The van der Waals surface area contributed by atoms with Gasteiger partial charge in [0.2, 0.25) is 0 Å². The van der Waals surface area contributed by atoms with E-state index in [1.165, 1.54) is 36.4 Å². The summed E-state index contributed by atoms with van der Waals surface area (Å²) in [7, 11) is -1.14. The third-order valence-corrected chi connectivity index (χ3v) is 4.64. The van der Waals surface area contributed by atoms with Crippen LogP contribution in [-0.4, -0.2) is 27.8 Å². The number of nitrogens with one attached hydrogen (secondary N) is 1. The number of anilines is 1. The van der Waals surface area contributed by atoms with Crippen LogP contribution in [0.5, 0.6) is 0 Å². The molecule has 0 aliphatic carbocycles. The first-order valence-electron chi connectivity index (χ1n) is 8.39. The Bertz CT molecular complexity index is 1090. The first-order valence-corrected chi connectivity index (χ1v) is 8.77. The van der Waals surface area contributed by atoms with Crippen LogP contribution in [0.15, 0.2) is 48.7 Å². The van der Waals surface area contributed by atoms with Crippen LogP contribution in [0.1, 0.15) is 21.6 Å². The number of hydrogen-bond acceptors (Lipinski definition) is 4. The maximum atomic E-state index is 13.4. The summed E-state index contributed by atoms with van der Waals surface area (Å²) >= 11 is 5.80. The molecule has 1 aliphatic heterocycles. The average Bonchev–Trinajstić information content (AvgIpc) is 3.27. The lowest BCUT2D eigenvalue weighted by molar-refractivity contribution is -0.141. The van der Waals surface area contributed by atoms with E-state index in [1.807, 2.05) is 0 Å². The minimum absolute atomic E-state index is 0.219. The molecule has 29 heavy (non-hydrogen) atoms. The fourth-order valence-corrected chi connectivity index (χ4v) is 3.09. The molecule has 0 spiro atoms. The van der Waals surface area contributed by atoms with Crippen molar-refractivity contribution in [2.24, 2.45) is 0 Å². The minimum atomic E-state index is -4.83. The number of benzene rings is 2. The highest BCUT2D eigenvalue weighted by Crippen LogP contribution is 2.32. The number of rotatable bonds is 3. The van der Waals surface area contributed by atoms with Crippen LogP contribution in [0.4, 0.5) is 18.9 Å². The maximum Gasteiger partial charge on any atom is 0.491 e. The Morgan fingerprint density at radius 2 is 1.97 bits per heavy atom. The lowest BCUT2D eigenvalue weighted by Crippen LogP contribution is -2.28. The van der Waals surface area contributed by atoms with E-state index < -0.39 is 30.5 Å². The molecule has 0 radical (unpaired) electrons. The summed E-state index contributed by atoms with van der Waals surface area (Å²) in [6, 6.07) is 10.6. The van der Waals surface area contributed by atoms with Gasteiger partial charge in [-0.05, 0) is 47.4 Å². The number of amides is 1. The van der Waals surface area contributed by atoms with Crippen molar-refractivity contribution in [2.75, 3.05) is 5.32 Å². The van der Waals surface area contributed by atoms with E-state index >= 15 is 0 Å². The van der Waals surface area contributed by atoms with Gasteiger partial charge in [-0.2, -0.15) is 18.3 Å². The Morgan fingerprint density at radius 3 is 2.66 bits per heavy atom. The van der Waals surface area contributed by atoms with Crippen LogP contribution >= 0.6 is 11.6 Å². The van der Waals surface area contributed by atoms with Gasteiger partial charge in [-0.15, -0.1) is 0 Å². The SMILES string of the molecule is O=C(Nc1ccc2c(c1)B(O)OC2)c1cn(-c2ccc(Cl)cc2)nc1C(F)(F)F. The zero-order valence-corrected chi connectivity index (χ0v) is 15.3. The number of nitrogens with zero attached hydrogens (tertiary/aromatic N) is 2. The molecule has 2 aromatic carbocycles. The summed E-state index contributed by atoms with van der Waals surface area (Å²) in [4.78, 5) is 12.6. The van der Waals surface area contributed by atoms with Gasteiger partial charge in [0.05, 0.1) is 17.9 Å². The van der Waals surface area contributed by atoms with E-state index in [2.05, 4.69) is 10.4 Å². The van der Waals surface area contributed by atoms with Crippen LogP contribution < -0.4 is 10.8 Å². The van der Waals surface area contributed by atoms with Crippen molar-refractivity contribution in [3.8, 4) is 5.69 Å². The van der Waals surface area contributed by atoms with Crippen molar-refractivity contribution in [3.63, 3.8) is 0 Å². The standard InChI is InChI=1S/C18H12BClF3N3O3/c20-11-2-5-13(6-3-11)26-8-14(16(25-26)18(21,22)23)17(27)24-12-4-1-10-9-29-19(28)15(10)7-12/h1-8,28H,9H2,(H,24,27). The van der Waals surface area contributed by atoms with Crippen molar-refractivity contribution >= 4 is 35.8 Å². The largest absolute Gasteiger partial charge is 0.491 e. The highest BCUT2D eigenvalue weighted by molar-refractivity contribution is 6.61. The number of carbonyl (C=O) groups is 1. The zero-order chi connectivity index (χ0) is 20.8.